The van der Waals surface area contributed by atoms with Crippen LogP contribution >= 0.6 is 23.2 Å². The Bertz CT molecular complexity index is 1600. The van der Waals surface area contributed by atoms with E-state index in [1.807, 2.05) is 4.90 Å². The van der Waals surface area contributed by atoms with Crippen molar-refractivity contribution >= 4 is 63.6 Å². The average molecular weight is 617 g/mol. The van der Waals surface area contributed by atoms with E-state index in [0.29, 0.717) is 50.2 Å². The number of hydrogen-bond acceptors (Lipinski definition) is 10. The zero-order valence-electron chi connectivity index (χ0n) is 22.6. The second-order valence-electron chi connectivity index (χ2n) is 9.75. The third kappa shape index (κ3) is 5.61. The summed E-state index contributed by atoms with van der Waals surface area (Å²) in [5.74, 6) is -0.915. The van der Waals surface area contributed by atoms with Crippen molar-refractivity contribution in [2.45, 2.75) is 18.9 Å². The molecule has 5 rings (SSSR count). The normalized spacial score (nSPS) is 17.1. The predicted octanol–water partition coefficient (Wildman–Crippen LogP) is 3.68. The molecule has 1 aromatic carbocycles. The molecule has 12 nitrogen and oxygen atoms in total. The number of nitrogens with two attached hydrogens (primary N) is 1. The number of nitrogens with one attached hydrogen (secondary N) is 1. The molecule has 42 heavy (non-hydrogen) atoms. The summed E-state index contributed by atoms with van der Waals surface area (Å²) >= 11 is 12.6. The van der Waals surface area contributed by atoms with Gasteiger partial charge in [0.25, 0.3) is 0 Å². The second kappa shape index (κ2) is 11.9. The first kappa shape index (κ1) is 29.3. The molecule has 0 saturated carbocycles. The maximum absolute atomic E-state index is 14.5. The molecule has 220 valence electrons. The third-order valence-corrected chi connectivity index (χ3v) is 7.82. The van der Waals surface area contributed by atoms with E-state index in [9.17, 15) is 14.0 Å². The van der Waals surface area contributed by atoms with Crippen LogP contribution in [-0.4, -0.2) is 88.7 Å². The van der Waals surface area contributed by atoms with E-state index in [-0.39, 0.29) is 64.0 Å². The molecule has 2 aliphatic rings. The van der Waals surface area contributed by atoms with Crippen LogP contribution in [-0.2, 0) is 9.59 Å². The molecule has 2 aliphatic heterocycles. The topological polar surface area (TPSA) is 151 Å². The number of piperazine rings is 1. The van der Waals surface area contributed by atoms with Gasteiger partial charge in [0.15, 0.2) is 5.75 Å². The summed E-state index contributed by atoms with van der Waals surface area (Å²) in [6, 6.07) is 2.39. The van der Waals surface area contributed by atoms with Gasteiger partial charge in [-0.15, -0.1) is 0 Å². The number of aromatic nitrogens is 3. The molecule has 0 bridgehead atoms. The van der Waals surface area contributed by atoms with Crippen LogP contribution in [0, 0.1) is 11.2 Å². The molecule has 3 aromatic rings. The van der Waals surface area contributed by atoms with Crippen molar-refractivity contribution < 1.29 is 23.5 Å². The largest absolute Gasteiger partial charge is 0.461 e. The number of halogens is 3. The number of pyridine rings is 1. The minimum atomic E-state index is -0.845. The third-order valence-electron chi connectivity index (χ3n) is 7.27. The van der Waals surface area contributed by atoms with Crippen LogP contribution in [0.3, 0.4) is 0 Å². The van der Waals surface area contributed by atoms with E-state index >= 15 is 0 Å². The number of amides is 2. The zero-order valence-corrected chi connectivity index (χ0v) is 24.1. The molecule has 2 saturated heterocycles. The van der Waals surface area contributed by atoms with Crippen molar-refractivity contribution in [3.05, 3.63) is 46.3 Å². The summed E-state index contributed by atoms with van der Waals surface area (Å²) in [5.41, 5.74) is 6.07. The number of nitrogen functional groups attached to an aromatic ring is 1. The number of carbonyl (C=O) groups excluding carboxylic acids is 2. The molecular weight excluding hydrogens is 590 g/mol. The number of likely N-dealkylation sites (N-methyl/N-ethyl adjacent to an activating group) is 1. The molecule has 2 aromatic heterocycles. The van der Waals surface area contributed by atoms with Crippen LogP contribution in [0.1, 0.15) is 18.4 Å². The van der Waals surface area contributed by atoms with E-state index < -0.39 is 10.8 Å². The Balaban J connectivity index is 1.59. The highest BCUT2D eigenvalue weighted by Gasteiger charge is 2.30. The molecule has 1 unspecified atom stereocenters. The van der Waals surface area contributed by atoms with Crippen molar-refractivity contribution in [3.8, 4) is 17.6 Å². The first-order valence-corrected chi connectivity index (χ1v) is 13.8. The lowest BCUT2D eigenvalue weighted by Gasteiger charge is -2.35. The number of benzene rings is 1. The molecule has 1 atom stereocenters. The fraction of sp³-hybridized carbons (Fsp3) is 0.333. The van der Waals surface area contributed by atoms with Crippen molar-refractivity contribution in [1.29, 1.82) is 5.41 Å². The van der Waals surface area contributed by atoms with Gasteiger partial charge in [0.05, 0.1) is 17.0 Å². The van der Waals surface area contributed by atoms with E-state index in [0.717, 1.165) is 12.3 Å². The van der Waals surface area contributed by atoms with E-state index in [1.54, 1.807) is 22.9 Å². The van der Waals surface area contributed by atoms with Gasteiger partial charge in [-0.1, -0.05) is 29.8 Å². The zero-order chi connectivity index (χ0) is 30.1. The smallest absolute Gasteiger partial charge is 0.319 e. The van der Waals surface area contributed by atoms with E-state index in [4.69, 9.17) is 43.8 Å². The van der Waals surface area contributed by atoms with E-state index in [2.05, 4.69) is 21.5 Å². The SMILES string of the molecule is C=CC(=O)N1CCN(c2nc(OCC3CCC(=O)N3C)nc3c(Oc4c(Cl)c(F)cc(N)c4C=N)nc(Cl)cc23)CC1. The molecule has 0 radical (unpaired) electrons. The van der Waals surface area contributed by atoms with Crippen molar-refractivity contribution in [1.82, 2.24) is 24.8 Å². The summed E-state index contributed by atoms with van der Waals surface area (Å²) in [4.78, 5) is 42.9. The summed E-state index contributed by atoms with van der Waals surface area (Å²) in [7, 11) is 1.72. The summed E-state index contributed by atoms with van der Waals surface area (Å²) < 4.78 is 26.5. The van der Waals surface area contributed by atoms with Crippen LogP contribution < -0.4 is 20.1 Å². The highest BCUT2D eigenvalue weighted by Crippen LogP contribution is 2.41. The van der Waals surface area contributed by atoms with Gasteiger partial charge < -0.3 is 35.3 Å². The van der Waals surface area contributed by atoms with Crippen LogP contribution in [0.2, 0.25) is 10.2 Å². The van der Waals surface area contributed by atoms with Gasteiger partial charge in [0, 0.05) is 51.5 Å². The Hall–Kier alpha value is -4.23. The number of likely N-dealkylation sites (tertiary alicyclic amines) is 1. The molecule has 3 N–H and O–H groups in total. The number of fused-ring (bicyclic) bond motifs is 1. The number of carbonyl (C=O) groups is 2. The first-order chi connectivity index (χ1) is 20.1. The first-order valence-electron chi connectivity index (χ1n) is 13.0. The highest BCUT2D eigenvalue weighted by atomic mass is 35.5. The van der Waals surface area contributed by atoms with Gasteiger partial charge in [-0.2, -0.15) is 15.0 Å². The van der Waals surface area contributed by atoms with Crippen LogP contribution in [0.5, 0.6) is 17.6 Å². The minimum absolute atomic E-state index is 0.0130. The number of hydrogen-bond donors (Lipinski definition) is 2. The Morgan fingerprint density at radius 2 is 1.98 bits per heavy atom. The molecule has 15 heteroatoms. The van der Waals surface area contributed by atoms with Crippen molar-refractivity contribution in [2.24, 2.45) is 0 Å². The van der Waals surface area contributed by atoms with E-state index in [1.165, 1.54) is 6.08 Å². The summed E-state index contributed by atoms with van der Waals surface area (Å²) in [5, 5.41) is 7.84. The van der Waals surface area contributed by atoms with Gasteiger partial charge in [-0.05, 0) is 24.6 Å². The monoisotopic (exact) mass is 616 g/mol. The maximum Gasteiger partial charge on any atom is 0.319 e. The molecule has 0 aliphatic carbocycles. The van der Waals surface area contributed by atoms with Crippen molar-refractivity contribution in [2.75, 3.05) is 50.5 Å². The molecule has 0 spiro atoms. The fourth-order valence-electron chi connectivity index (χ4n) is 4.89. The Labute approximate surface area is 250 Å². The van der Waals surface area contributed by atoms with Gasteiger partial charge in [-0.3, -0.25) is 9.59 Å². The quantitative estimate of drug-likeness (QED) is 0.167. The van der Waals surface area contributed by atoms with Gasteiger partial charge in [-0.25, -0.2) is 4.39 Å². The van der Waals surface area contributed by atoms with Crippen LogP contribution in [0.4, 0.5) is 15.9 Å². The van der Waals surface area contributed by atoms with Crippen molar-refractivity contribution in [3.63, 3.8) is 0 Å². The number of nitrogens with zero attached hydrogens (tertiary/aromatic N) is 6. The second-order valence-corrected chi connectivity index (χ2v) is 10.5. The molecule has 2 fully saturated rings. The van der Waals surface area contributed by atoms with Crippen LogP contribution in [0.25, 0.3) is 10.9 Å². The summed E-state index contributed by atoms with van der Waals surface area (Å²) in [6.07, 6.45) is 3.22. The average Bonchev–Trinajstić information content (AvgIpc) is 3.30. The fourth-order valence-corrected chi connectivity index (χ4v) is 5.27. The maximum atomic E-state index is 14.5. The summed E-state index contributed by atoms with van der Waals surface area (Å²) in [6.45, 7) is 5.42. The molecular formula is C27H27Cl2FN8O4. The molecule has 4 heterocycles. The predicted molar refractivity (Wildman–Crippen MR) is 156 cm³/mol. The standard InChI is InChI=1S/C27H27Cl2FN8O4/c1-3-20(39)37-6-8-38(9-7-37)25-15-10-19(28)33-26(42-24-16(12-31)18(32)11-17(30)22(24)29)23(15)34-27(35-25)41-13-14-4-5-21(40)36(14)2/h3,10-12,14,31H,1,4-9,13,32H2,2H3. The Morgan fingerprint density at radius 3 is 2.62 bits per heavy atom. The Kier molecular flexibility index (Phi) is 8.32. The Morgan fingerprint density at radius 1 is 1.24 bits per heavy atom. The minimum Gasteiger partial charge on any atom is -0.461 e. The molecule has 2 amide bonds. The lowest BCUT2D eigenvalue weighted by molar-refractivity contribution is -0.128. The lowest BCUT2D eigenvalue weighted by Crippen LogP contribution is -2.48. The number of ether oxygens (including phenoxy) is 2. The van der Waals surface area contributed by atoms with Gasteiger partial charge in [0.1, 0.15) is 33.9 Å². The van der Waals surface area contributed by atoms with Crippen LogP contribution in [0.15, 0.2) is 24.8 Å². The van der Waals surface area contributed by atoms with Gasteiger partial charge >= 0.3 is 6.01 Å². The number of anilines is 2. The highest BCUT2D eigenvalue weighted by molar-refractivity contribution is 6.33. The van der Waals surface area contributed by atoms with Gasteiger partial charge in [0.2, 0.25) is 17.7 Å². The number of rotatable bonds is 8. The lowest BCUT2D eigenvalue weighted by atomic mass is 10.1.